The zero-order valence-corrected chi connectivity index (χ0v) is 16.5. The molecule has 0 N–H and O–H groups in total. The minimum absolute atomic E-state index is 0.0123. The monoisotopic (exact) mass is 392 g/mol. The summed E-state index contributed by atoms with van der Waals surface area (Å²) in [6.45, 7) is 1.62. The lowest BCUT2D eigenvalue weighted by Gasteiger charge is -2.33. The lowest BCUT2D eigenvalue weighted by molar-refractivity contribution is -0.149. The number of benzene rings is 1. The third-order valence-corrected chi connectivity index (χ3v) is 6.18. The van der Waals surface area contributed by atoms with Crippen LogP contribution in [0.5, 0.6) is 0 Å². The van der Waals surface area contributed by atoms with E-state index in [0.29, 0.717) is 5.92 Å². The Bertz CT molecular complexity index is 1040. The van der Waals surface area contributed by atoms with Gasteiger partial charge in [0, 0.05) is 25.0 Å². The lowest BCUT2D eigenvalue weighted by Crippen LogP contribution is -2.33. The number of carbonyl (C=O) groups is 1. The Morgan fingerprint density at radius 1 is 1.21 bits per heavy atom. The van der Waals surface area contributed by atoms with Gasteiger partial charge in [0.05, 0.1) is 48.2 Å². The topological polar surface area (TPSA) is 79.1 Å². The van der Waals surface area contributed by atoms with Gasteiger partial charge in [-0.05, 0) is 43.2 Å². The van der Waals surface area contributed by atoms with Crippen molar-refractivity contribution in [3.05, 3.63) is 42.4 Å². The van der Waals surface area contributed by atoms with Gasteiger partial charge in [-0.15, -0.1) is 0 Å². The highest BCUT2D eigenvalue weighted by Crippen LogP contribution is 2.38. The number of para-hydroxylation sites is 1. The standard InChI is InChI=1S/C22H24N4O3/c1-28-22(27)15-9-17(10-15)26-13-16(11-24-26)20-12-23-21-18(3-2-4-19(21)25-20)14-5-7-29-8-6-14/h2-4,11-15,17H,5-10H2,1H3. The highest BCUT2D eigenvalue weighted by Gasteiger charge is 2.36. The second-order valence-corrected chi connectivity index (χ2v) is 7.91. The van der Waals surface area contributed by atoms with Gasteiger partial charge in [0.1, 0.15) is 0 Å². The Morgan fingerprint density at radius 3 is 2.83 bits per heavy atom. The van der Waals surface area contributed by atoms with Gasteiger partial charge in [-0.1, -0.05) is 12.1 Å². The molecule has 150 valence electrons. The van der Waals surface area contributed by atoms with E-state index in [1.54, 1.807) is 0 Å². The number of nitrogens with zero attached hydrogens (tertiary/aromatic N) is 4. The first kappa shape index (κ1) is 18.2. The second kappa shape index (κ2) is 7.55. The third kappa shape index (κ3) is 3.40. The van der Waals surface area contributed by atoms with E-state index in [1.165, 1.54) is 12.7 Å². The largest absolute Gasteiger partial charge is 0.469 e. The summed E-state index contributed by atoms with van der Waals surface area (Å²) in [7, 11) is 1.44. The minimum Gasteiger partial charge on any atom is -0.469 e. The van der Waals surface area contributed by atoms with Crippen molar-refractivity contribution in [3.8, 4) is 11.3 Å². The summed E-state index contributed by atoms with van der Waals surface area (Å²) in [6, 6.07) is 6.49. The van der Waals surface area contributed by atoms with Crippen LogP contribution < -0.4 is 0 Å². The van der Waals surface area contributed by atoms with E-state index in [1.807, 2.05) is 29.3 Å². The summed E-state index contributed by atoms with van der Waals surface area (Å²) in [5, 5.41) is 4.49. The van der Waals surface area contributed by atoms with Crippen molar-refractivity contribution in [1.29, 1.82) is 0 Å². The molecular formula is C22H24N4O3. The van der Waals surface area contributed by atoms with Gasteiger partial charge < -0.3 is 9.47 Å². The fourth-order valence-electron chi connectivity index (χ4n) is 4.37. The van der Waals surface area contributed by atoms with E-state index in [2.05, 4.69) is 17.2 Å². The lowest BCUT2D eigenvalue weighted by atomic mass is 9.80. The number of aromatic nitrogens is 4. The van der Waals surface area contributed by atoms with Gasteiger partial charge in [0.25, 0.3) is 0 Å². The zero-order valence-electron chi connectivity index (χ0n) is 16.5. The summed E-state index contributed by atoms with van der Waals surface area (Å²) < 4.78 is 12.2. The van der Waals surface area contributed by atoms with Crippen molar-refractivity contribution in [3.63, 3.8) is 0 Å². The average molecular weight is 392 g/mol. The van der Waals surface area contributed by atoms with Crippen LogP contribution in [0.25, 0.3) is 22.3 Å². The molecule has 0 bridgehead atoms. The van der Waals surface area contributed by atoms with Crippen LogP contribution in [0.15, 0.2) is 36.8 Å². The minimum atomic E-state index is -0.130. The number of fused-ring (bicyclic) bond motifs is 1. The molecule has 1 aliphatic heterocycles. The van der Waals surface area contributed by atoms with Gasteiger partial charge in [-0.25, -0.2) is 4.98 Å². The van der Waals surface area contributed by atoms with Gasteiger partial charge in [0.15, 0.2) is 0 Å². The number of rotatable bonds is 4. The van der Waals surface area contributed by atoms with Crippen LogP contribution in [-0.4, -0.2) is 46.0 Å². The fraction of sp³-hybridized carbons (Fsp3) is 0.455. The molecule has 2 fully saturated rings. The van der Waals surface area contributed by atoms with Crippen molar-refractivity contribution in [2.75, 3.05) is 20.3 Å². The number of methoxy groups -OCH3 is 1. The molecule has 0 spiro atoms. The maximum absolute atomic E-state index is 11.6. The van der Waals surface area contributed by atoms with Gasteiger partial charge in [-0.3, -0.25) is 14.5 Å². The molecule has 5 rings (SSSR count). The molecular weight excluding hydrogens is 368 g/mol. The van der Waals surface area contributed by atoms with E-state index in [0.717, 1.165) is 61.2 Å². The molecule has 3 heterocycles. The normalized spacial score (nSPS) is 22.4. The summed E-state index contributed by atoms with van der Waals surface area (Å²) in [5.74, 6) is 0.341. The van der Waals surface area contributed by atoms with E-state index < -0.39 is 0 Å². The molecule has 2 aromatic heterocycles. The van der Waals surface area contributed by atoms with Gasteiger partial charge in [0.2, 0.25) is 0 Å². The Morgan fingerprint density at radius 2 is 2.03 bits per heavy atom. The molecule has 1 aromatic carbocycles. The summed E-state index contributed by atoms with van der Waals surface area (Å²) in [6.07, 6.45) is 9.26. The van der Waals surface area contributed by atoms with Crippen LogP contribution in [0.1, 0.15) is 43.2 Å². The molecule has 29 heavy (non-hydrogen) atoms. The molecule has 2 aliphatic rings. The van der Waals surface area contributed by atoms with Gasteiger partial charge in [-0.2, -0.15) is 5.10 Å². The number of carbonyl (C=O) groups excluding carboxylic acids is 1. The van der Waals surface area contributed by atoms with Crippen LogP contribution in [0, 0.1) is 5.92 Å². The van der Waals surface area contributed by atoms with Crippen LogP contribution in [-0.2, 0) is 14.3 Å². The molecule has 0 amide bonds. The van der Waals surface area contributed by atoms with Crippen molar-refractivity contribution in [2.24, 2.45) is 5.92 Å². The summed E-state index contributed by atoms with van der Waals surface area (Å²) >= 11 is 0. The fourth-order valence-corrected chi connectivity index (χ4v) is 4.37. The first-order valence-corrected chi connectivity index (χ1v) is 10.2. The maximum Gasteiger partial charge on any atom is 0.308 e. The van der Waals surface area contributed by atoms with Crippen molar-refractivity contribution in [2.45, 2.75) is 37.6 Å². The van der Waals surface area contributed by atoms with Crippen molar-refractivity contribution < 1.29 is 14.3 Å². The number of hydrogen-bond acceptors (Lipinski definition) is 6. The Kier molecular flexibility index (Phi) is 4.75. The second-order valence-electron chi connectivity index (χ2n) is 7.91. The SMILES string of the molecule is COC(=O)C1CC(n2cc(-c3cnc4c(C5CCOCC5)cccc4n3)cn2)C1. The highest BCUT2D eigenvalue weighted by atomic mass is 16.5. The Labute approximate surface area is 169 Å². The molecule has 0 radical (unpaired) electrons. The molecule has 1 saturated carbocycles. The van der Waals surface area contributed by atoms with E-state index >= 15 is 0 Å². The first-order valence-electron chi connectivity index (χ1n) is 10.2. The first-order chi connectivity index (χ1) is 14.2. The maximum atomic E-state index is 11.6. The van der Waals surface area contributed by atoms with E-state index in [9.17, 15) is 4.79 Å². The Balaban J connectivity index is 1.38. The molecule has 7 nitrogen and oxygen atoms in total. The molecule has 1 saturated heterocycles. The summed E-state index contributed by atoms with van der Waals surface area (Å²) in [4.78, 5) is 21.2. The average Bonchev–Trinajstić information content (AvgIpc) is 3.22. The van der Waals surface area contributed by atoms with Crippen molar-refractivity contribution >= 4 is 17.0 Å². The van der Waals surface area contributed by atoms with E-state index in [4.69, 9.17) is 19.4 Å². The number of esters is 1. The quantitative estimate of drug-likeness (QED) is 0.632. The van der Waals surface area contributed by atoms with Crippen LogP contribution in [0.2, 0.25) is 0 Å². The van der Waals surface area contributed by atoms with Crippen LogP contribution in [0.3, 0.4) is 0 Å². The Hall–Kier alpha value is -2.80. The number of hydrogen-bond donors (Lipinski definition) is 0. The zero-order chi connectivity index (χ0) is 19.8. The predicted octanol–water partition coefficient (Wildman–Crippen LogP) is 3.51. The van der Waals surface area contributed by atoms with Gasteiger partial charge >= 0.3 is 5.97 Å². The number of ether oxygens (including phenoxy) is 2. The highest BCUT2D eigenvalue weighted by molar-refractivity contribution is 5.80. The smallest absolute Gasteiger partial charge is 0.308 e. The van der Waals surface area contributed by atoms with Crippen molar-refractivity contribution in [1.82, 2.24) is 19.7 Å². The molecule has 1 aliphatic carbocycles. The van der Waals surface area contributed by atoms with Crippen LogP contribution in [0.4, 0.5) is 0 Å². The molecule has 3 aromatic rings. The predicted molar refractivity (Wildman–Crippen MR) is 107 cm³/mol. The van der Waals surface area contributed by atoms with E-state index in [-0.39, 0.29) is 17.9 Å². The third-order valence-electron chi connectivity index (χ3n) is 6.18. The molecule has 0 unspecified atom stereocenters. The van der Waals surface area contributed by atoms with Crippen LogP contribution >= 0.6 is 0 Å². The summed E-state index contributed by atoms with van der Waals surface area (Å²) in [5.41, 5.74) is 4.92. The molecule has 7 heteroatoms. The molecule has 0 atom stereocenters.